The number of carbonyl (C=O) groups is 2. The normalized spacial score (nSPS) is 22.5. The summed E-state index contributed by atoms with van der Waals surface area (Å²) in [6.45, 7) is 3.16. The number of rotatable bonds is 3. The standard InChI is InChI=1S/C20H20N6O2/c1-13-5-6-14(12-21)17(23-13)26-10-7-15(8-11-26)20(16-4-2-3-9-22-16)18(27)24-19(28)25-20/h2-6,9,15H,7-8,10-11H2,1H3,(H2,24,25,27,28)/t20-/m0/s1. The quantitative estimate of drug-likeness (QED) is 0.788. The summed E-state index contributed by atoms with van der Waals surface area (Å²) in [4.78, 5) is 35.7. The van der Waals surface area contributed by atoms with Crippen LogP contribution in [0.4, 0.5) is 10.6 Å². The Labute approximate surface area is 162 Å². The van der Waals surface area contributed by atoms with Crippen LogP contribution < -0.4 is 15.5 Å². The van der Waals surface area contributed by atoms with E-state index in [1.54, 1.807) is 24.4 Å². The number of carbonyl (C=O) groups excluding carboxylic acids is 2. The Hall–Kier alpha value is -3.47. The Bertz CT molecular complexity index is 962. The molecular formula is C20H20N6O2. The van der Waals surface area contributed by atoms with E-state index in [9.17, 15) is 14.9 Å². The molecule has 2 N–H and O–H groups in total. The number of urea groups is 1. The van der Waals surface area contributed by atoms with Crippen LogP contribution in [-0.4, -0.2) is 35.0 Å². The van der Waals surface area contributed by atoms with Crippen molar-refractivity contribution in [1.82, 2.24) is 20.6 Å². The Kier molecular flexibility index (Phi) is 4.43. The molecule has 2 fully saturated rings. The minimum atomic E-state index is -1.16. The van der Waals surface area contributed by atoms with Gasteiger partial charge in [0.2, 0.25) is 0 Å². The second kappa shape index (κ2) is 6.93. The first-order valence-corrected chi connectivity index (χ1v) is 9.22. The van der Waals surface area contributed by atoms with E-state index >= 15 is 0 Å². The smallest absolute Gasteiger partial charge is 0.322 e. The molecule has 0 aliphatic carbocycles. The maximum atomic E-state index is 12.8. The first-order chi connectivity index (χ1) is 13.5. The number of aryl methyl sites for hydroxylation is 1. The highest BCUT2D eigenvalue weighted by Crippen LogP contribution is 2.39. The van der Waals surface area contributed by atoms with E-state index in [4.69, 9.17) is 0 Å². The van der Waals surface area contributed by atoms with Crippen LogP contribution >= 0.6 is 0 Å². The molecule has 0 radical (unpaired) electrons. The highest BCUT2D eigenvalue weighted by Gasteiger charge is 2.54. The zero-order valence-corrected chi connectivity index (χ0v) is 15.5. The van der Waals surface area contributed by atoms with Gasteiger partial charge in [-0.25, -0.2) is 9.78 Å². The maximum absolute atomic E-state index is 12.8. The molecule has 0 aromatic carbocycles. The molecular weight excluding hydrogens is 356 g/mol. The van der Waals surface area contributed by atoms with Gasteiger partial charge in [-0.2, -0.15) is 5.26 Å². The van der Waals surface area contributed by atoms with Crippen molar-refractivity contribution in [1.29, 1.82) is 5.26 Å². The lowest BCUT2D eigenvalue weighted by Gasteiger charge is -2.40. The van der Waals surface area contributed by atoms with E-state index in [-0.39, 0.29) is 11.8 Å². The number of hydrogen-bond donors (Lipinski definition) is 2. The summed E-state index contributed by atoms with van der Waals surface area (Å²) < 4.78 is 0. The lowest BCUT2D eigenvalue weighted by Crippen LogP contribution is -2.54. The number of hydrogen-bond acceptors (Lipinski definition) is 6. The number of amides is 3. The monoisotopic (exact) mass is 376 g/mol. The zero-order chi connectivity index (χ0) is 19.7. The number of nitrogens with one attached hydrogen (secondary N) is 2. The number of piperidine rings is 1. The predicted octanol–water partition coefficient (Wildman–Crippen LogP) is 1.61. The third kappa shape index (κ3) is 2.85. The summed E-state index contributed by atoms with van der Waals surface area (Å²) >= 11 is 0. The fourth-order valence-corrected chi connectivity index (χ4v) is 4.14. The van der Waals surface area contributed by atoms with E-state index in [0.29, 0.717) is 43.0 Å². The number of imide groups is 1. The fourth-order valence-electron chi connectivity index (χ4n) is 4.14. The Morgan fingerprint density at radius 2 is 2.00 bits per heavy atom. The summed E-state index contributed by atoms with van der Waals surface area (Å²) in [5.41, 5.74) is 0.768. The molecule has 3 amide bonds. The first-order valence-electron chi connectivity index (χ1n) is 9.22. The second-order valence-corrected chi connectivity index (χ2v) is 7.13. The highest BCUT2D eigenvalue weighted by molar-refractivity contribution is 6.07. The van der Waals surface area contributed by atoms with Crippen LogP contribution in [0.2, 0.25) is 0 Å². The van der Waals surface area contributed by atoms with Crippen LogP contribution in [0.3, 0.4) is 0 Å². The highest BCUT2D eigenvalue weighted by atomic mass is 16.2. The minimum Gasteiger partial charge on any atom is -0.355 e. The Morgan fingerprint density at radius 1 is 1.21 bits per heavy atom. The molecule has 4 heterocycles. The van der Waals surface area contributed by atoms with Crippen molar-refractivity contribution in [2.75, 3.05) is 18.0 Å². The van der Waals surface area contributed by atoms with Gasteiger partial charge in [-0.15, -0.1) is 0 Å². The van der Waals surface area contributed by atoms with E-state index in [1.165, 1.54) is 0 Å². The molecule has 2 aliphatic heterocycles. The molecule has 0 saturated carbocycles. The third-order valence-electron chi connectivity index (χ3n) is 5.51. The van der Waals surface area contributed by atoms with Crippen molar-refractivity contribution in [3.8, 4) is 6.07 Å². The van der Waals surface area contributed by atoms with Crippen molar-refractivity contribution in [2.45, 2.75) is 25.3 Å². The Morgan fingerprint density at radius 3 is 2.61 bits per heavy atom. The lowest BCUT2D eigenvalue weighted by molar-refractivity contribution is -0.126. The summed E-state index contributed by atoms with van der Waals surface area (Å²) in [6.07, 6.45) is 2.94. The summed E-state index contributed by atoms with van der Waals surface area (Å²) in [6, 6.07) is 10.7. The van der Waals surface area contributed by atoms with Crippen molar-refractivity contribution in [3.63, 3.8) is 0 Å². The molecule has 2 aromatic rings. The molecule has 4 rings (SSSR count). The molecule has 0 unspecified atom stereocenters. The fraction of sp³-hybridized carbons (Fsp3) is 0.350. The van der Waals surface area contributed by atoms with E-state index < -0.39 is 11.6 Å². The molecule has 8 heteroatoms. The van der Waals surface area contributed by atoms with Gasteiger partial charge >= 0.3 is 6.03 Å². The average Bonchev–Trinajstić information content (AvgIpc) is 3.03. The van der Waals surface area contributed by atoms with Gasteiger partial charge in [0, 0.05) is 30.9 Å². The molecule has 142 valence electrons. The van der Waals surface area contributed by atoms with Crippen LogP contribution in [-0.2, 0) is 10.3 Å². The summed E-state index contributed by atoms with van der Waals surface area (Å²) in [5.74, 6) is 0.203. The van der Waals surface area contributed by atoms with Crippen molar-refractivity contribution in [2.24, 2.45) is 5.92 Å². The molecule has 1 atom stereocenters. The second-order valence-electron chi connectivity index (χ2n) is 7.13. The minimum absolute atomic E-state index is 0.111. The van der Waals surface area contributed by atoms with Crippen molar-refractivity contribution in [3.05, 3.63) is 53.5 Å². The van der Waals surface area contributed by atoms with Crippen molar-refractivity contribution >= 4 is 17.8 Å². The van der Waals surface area contributed by atoms with Gasteiger partial charge in [-0.3, -0.25) is 15.1 Å². The van der Waals surface area contributed by atoms with Crippen LogP contribution in [0, 0.1) is 24.2 Å². The summed E-state index contributed by atoms with van der Waals surface area (Å²) in [7, 11) is 0. The van der Waals surface area contributed by atoms with Gasteiger partial charge in [0.15, 0.2) is 5.54 Å². The van der Waals surface area contributed by atoms with Gasteiger partial charge in [0.05, 0.1) is 11.3 Å². The van der Waals surface area contributed by atoms with E-state index in [0.717, 1.165) is 5.69 Å². The molecule has 2 saturated heterocycles. The number of pyridine rings is 2. The molecule has 2 aliphatic rings. The van der Waals surface area contributed by atoms with Gasteiger partial charge < -0.3 is 10.2 Å². The van der Waals surface area contributed by atoms with Gasteiger partial charge in [-0.1, -0.05) is 6.07 Å². The topological polar surface area (TPSA) is 111 Å². The van der Waals surface area contributed by atoms with Crippen LogP contribution in [0.5, 0.6) is 0 Å². The largest absolute Gasteiger partial charge is 0.355 e. The molecule has 0 spiro atoms. The molecule has 2 aromatic heterocycles. The Balaban J connectivity index is 1.62. The van der Waals surface area contributed by atoms with E-state index in [1.807, 2.05) is 19.1 Å². The number of anilines is 1. The van der Waals surface area contributed by atoms with Crippen LogP contribution in [0.25, 0.3) is 0 Å². The number of nitrogens with zero attached hydrogens (tertiary/aromatic N) is 4. The van der Waals surface area contributed by atoms with Gasteiger partial charge in [0.25, 0.3) is 5.91 Å². The van der Waals surface area contributed by atoms with Crippen molar-refractivity contribution < 1.29 is 9.59 Å². The molecule has 8 nitrogen and oxygen atoms in total. The number of nitriles is 1. The SMILES string of the molecule is Cc1ccc(C#N)c(N2CCC([C@@]3(c4ccccn4)NC(=O)NC3=O)CC2)n1. The molecule has 0 bridgehead atoms. The van der Waals surface area contributed by atoms with Gasteiger partial charge in [-0.05, 0) is 44.0 Å². The maximum Gasteiger partial charge on any atom is 0.322 e. The predicted molar refractivity (Wildman–Crippen MR) is 101 cm³/mol. The zero-order valence-electron chi connectivity index (χ0n) is 15.5. The summed E-state index contributed by atoms with van der Waals surface area (Å²) in [5, 5.41) is 14.6. The molecule has 28 heavy (non-hydrogen) atoms. The van der Waals surface area contributed by atoms with Crippen LogP contribution in [0.1, 0.15) is 29.8 Å². The third-order valence-corrected chi connectivity index (χ3v) is 5.51. The number of aromatic nitrogens is 2. The first kappa shape index (κ1) is 17.9. The lowest BCUT2D eigenvalue weighted by atomic mass is 9.75. The van der Waals surface area contributed by atoms with E-state index in [2.05, 4.69) is 31.6 Å². The van der Waals surface area contributed by atoms with Gasteiger partial charge in [0.1, 0.15) is 11.9 Å². The average molecular weight is 376 g/mol. The van der Waals surface area contributed by atoms with Crippen LogP contribution in [0.15, 0.2) is 36.5 Å².